The lowest BCUT2D eigenvalue weighted by molar-refractivity contribution is 0.0759. The molecule has 5 N–H and O–H groups in total. The van der Waals surface area contributed by atoms with Crippen molar-refractivity contribution in [3.8, 4) is 0 Å². The molecule has 0 rings (SSSR count). The Morgan fingerprint density at radius 1 is 0.656 bits per heavy atom. The van der Waals surface area contributed by atoms with Crippen molar-refractivity contribution in [1.82, 2.24) is 24.2 Å². The third-order valence-corrected chi connectivity index (χ3v) is 4.86. The molecule has 0 unspecified atom stereocenters. The summed E-state index contributed by atoms with van der Waals surface area (Å²) < 4.78 is 76.5. The van der Waals surface area contributed by atoms with Crippen LogP contribution in [0, 0.1) is 0 Å². The number of alkyl carbamates (subject to hydrolysis) is 1. The molecule has 32 heavy (non-hydrogen) atoms. The Morgan fingerprint density at radius 2 is 1.09 bits per heavy atom. The van der Waals surface area contributed by atoms with Crippen LogP contribution in [0.2, 0.25) is 0 Å². The van der Waals surface area contributed by atoms with Gasteiger partial charge in [0, 0.05) is 20.1 Å². The van der Waals surface area contributed by atoms with Gasteiger partial charge in [-0.05, 0) is 0 Å². The SMILES string of the molecule is CNC(=O)OCCOCCNS(=O)(=O)NC(=O)OCCOCCNS(=O)(=O)NC(=O)OC. The molecule has 188 valence electrons. The fourth-order valence-electron chi connectivity index (χ4n) is 1.52. The zero-order valence-electron chi connectivity index (χ0n) is 17.4. The van der Waals surface area contributed by atoms with E-state index < -0.39 is 38.7 Å². The van der Waals surface area contributed by atoms with Gasteiger partial charge in [0.1, 0.15) is 13.2 Å². The Balaban J connectivity index is 3.79. The Kier molecular flexibility index (Phi) is 15.0. The average Bonchev–Trinajstić information content (AvgIpc) is 2.71. The molecule has 0 bridgehead atoms. The van der Waals surface area contributed by atoms with Crippen molar-refractivity contribution in [2.45, 2.75) is 0 Å². The smallest absolute Gasteiger partial charge is 0.421 e. The van der Waals surface area contributed by atoms with E-state index in [-0.39, 0.29) is 52.7 Å². The molecule has 0 aliphatic rings. The van der Waals surface area contributed by atoms with Crippen LogP contribution in [0.15, 0.2) is 0 Å². The first-order chi connectivity index (χ1) is 15.0. The van der Waals surface area contributed by atoms with Crippen molar-refractivity contribution in [1.29, 1.82) is 0 Å². The first kappa shape index (κ1) is 29.5. The van der Waals surface area contributed by atoms with Crippen molar-refractivity contribution in [3.63, 3.8) is 0 Å². The third kappa shape index (κ3) is 17.3. The fourth-order valence-corrected chi connectivity index (χ4v) is 2.95. The zero-order chi connectivity index (χ0) is 24.5. The van der Waals surface area contributed by atoms with Gasteiger partial charge in [0.25, 0.3) is 0 Å². The summed E-state index contributed by atoms with van der Waals surface area (Å²) in [6.45, 7) is -0.963. The predicted octanol–water partition coefficient (Wildman–Crippen LogP) is -2.87. The van der Waals surface area contributed by atoms with Gasteiger partial charge < -0.3 is 29.0 Å². The molecule has 0 atom stereocenters. The van der Waals surface area contributed by atoms with Crippen LogP contribution in [0.5, 0.6) is 0 Å². The second kappa shape index (κ2) is 16.2. The summed E-state index contributed by atoms with van der Waals surface area (Å²) in [5.41, 5.74) is 0. The summed E-state index contributed by atoms with van der Waals surface area (Å²) in [5.74, 6) is 0. The first-order valence-electron chi connectivity index (χ1n) is 8.81. The molecule has 19 heteroatoms. The van der Waals surface area contributed by atoms with Gasteiger partial charge >= 0.3 is 38.7 Å². The monoisotopic (exact) mass is 509 g/mol. The Bertz CT molecular complexity index is 789. The maximum Gasteiger partial charge on any atom is 0.421 e. The number of ether oxygens (including phenoxy) is 5. The van der Waals surface area contributed by atoms with Gasteiger partial charge in [-0.25, -0.2) is 23.8 Å². The first-order valence-corrected chi connectivity index (χ1v) is 11.8. The summed E-state index contributed by atoms with van der Waals surface area (Å²) >= 11 is 0. The normalized spacial score (nSPS) is 11.3. The van der Waals surface area contributed by atoms with E-state index in [2.05, 4.69) is 19.5 Å². The Morgan fingerprint density at radius 3 is 1.53 bits per heavy atom. The van der Waals surface area contributed by atoms with Crippen LogP contribution in [0.25, 0.3) is 0 Å². The molecule has 0 aromatic carbocycles. The van der Waals surface area contributed by atoms with Gasteiger partial charge in [0.15, 0.2) is 0 Å². The van der Waals surface area contributed by atoms with Crippen molar-refractivity contribution in [2.75, 3.05) is 66.9 Å². The molecule has 0 radical (unpaired) electrons. The molecule has 0 saturated carbocycles. The maximum atomic E-state index is 11.6. The van der Waals surface area contributed by atoms with Crippen LogP contribution in [0.1, 0.15) is 0 Å². The van der Waals surface area contributed by atoms with Crippen molar-refractivity contribution in [3.05, 3.63) is 0 Å². The van der Waals surface area contributed by atoms with E-state index in [9.17, 15) is 31.2 Å². The lowest BCUT2D eigenvalue weighted by Gasteiger charge is -2.10. The predicted molar refractivity (Wildman–Crippen MR) is 106 cm³/mol. The van der Waals surface area contributed by atoms with Gasteiger partial charge in [0.2, 0.25) is 0 Å². The van der Waals surface area contributed by atoms with Gasteiger partial charge in [-0.1, -0.05) is 0 Å². The topological polar surface area (TPSA) is 226 Å². The molecular weight excluding hydrogens is 482 g/mol. The largest absolute Gasteiger partial charge is 0.452 e. The molecular formula is C13H27N5O12S2. The van der Waals surface area contributed by atoms with Crippen LogP contribution in [-0.2, 0) is 44.1 Å². The van der Waals surface area contributed by atoms with E-state index in [1.807, 2.05) is 9.44 Å². The lowest BCUT2D eigenvalue weighted by Crippen LogP contribution is -2.42. The van der Waals surface area contributed by atoms with Crippen molar-refractivity contribution >= 4 is 38.7 Å². The molecule has 0 aromatic rings. The third-order valence-electron chi connectivity index (χ3n) is 2.82. The fraction of sp³-hybridized carbons (Fsp3) is 0.769. The quantitative estimate of drug-likeness (QED) is 0.104. The van der Waals surface area contributed by atoms with Gasteiger partial charge in [0.05, 0.1) is 33.5 Å². The van der Waals surface area contributed by atoms with Gasteiger partial charge in [-0.3, -0.25) is 0 Å². The number of hydrogen-bond acceptors (Lipinski definition) is 12. The minimum Gasteiger partial charge on any atom is -0.452 e. The zero-order valence-corrected chi connectivity index (χ0v) is 19.0. The standard InChI is InChI=1S/C13H27N5O12S2/c1-14-11(19)29-9-7-27-6-4-16-32(24,25)18-13(21)30-10-8-28-5-3-15-31(22,23)17-12(20)26-2/h15-16H,3-10H2,1-2H3,(H,14,19)(H,17,20)(H,18,21). The number of methoxy groups -OCH3 is 1. The average molecular weight is 510 g/mol. The number of carbonyl (C=O) groups is 3. The van der Waals surface area contributed by atoms with Crippen LogP contribution >= 0.6 is 0 Å². The Hall–Kier alpha value is -2.45. The molecule has 0 heterocycles. The van der Waals surface area contributed by atoms with Gasteiger partial charge in [-0.2, -0.15) is 26.3 Å². The number of amides is 3. The second-order valence-electron chi connectivity index (χ2n) is 5.24. The number of hydrogen-bond donors (Lipinski definition) is 5. The van der Waals surface area contributed by atoms with E-state index in [0.717, 1.165) is 7.11 Å². The summed E-state index contributed by atoms with van der Waals surface area (Å²) in [6.07, 6.45) is -3.05. The van der Waals surface area contributed by atoms with E-state index in [4.69, 9.17) is 9.47 Å². The highest BCUT2D eigenvalue weighted by atomic mass is 32.2. The van der Waals surface area contributed by atoms with Crippen LogP contribution in [0.4, 0.5) is 14.4 Å². The maximum absolute atomic E-state index is 11.6. The summed E-state index contributed by atoms with van der Waals surface area (Å²) in [4.78, 5) is 33.0. The molecule has 0 saturated heterocycles. The molecule has 0 fully saturated rings. The van der Waals surface area contributed by atoms with E-state index >= 15 is 0 Å². The minimum absolute atomic E-state index is 0.0185. The molecule has 3 amide bonds. The molecule has 0 aliphatic heterocycles. The number of rotatable bonds is 16. The van der Waals surface area contributed by atoms with Crippen molar-refractivity contribution in [2.24, 2.45) is 0 Å². The molecule has 0 aliphatic carbocycles. The van der Waals surface area contributed by atoms with E-state index in [1.54, 1.807) is 9.44 Å². The van der Waals surface area contributed by atoms with Crippen LogP contribution in [0.3, 0.4) is 0 Å². The highest BCUT2D eigenvalue weighted by molar-refractivity contribution is 7.88. The van der Waals surface area contributed by atoms with Crippen molar-refractivity contribution < 1.29 is 54.9 Å². The number of carbonyl (C=O) groups excluding carboxylic acids is 3. The summed E-state index contributed by atoms with van der Waals surface area (Å²) in [6, 6.07) is 0. The Labute approximate surface area is 185 Å². The highest BCUT2D eigenvalue weighted by Gasteiger charge is 2.15. The molecule has 0 spiro atoms. The van der Waals surface area contributed by atoms with E-state index in [0.29, 0.717) is 0 Å². The second-order valence-corrected chi connectivity index (χ2v) is 8.24. The number of nitrogens with one attached hydrogen (secondary N) is 5. The summed E-state index contributed by atoms with van der Waals surface area (Å²) in [7, 11) is -5.89. The highest BCUT2D eigenvalue weighted by Crippen LogP contribution is 1.86. The van der Waals surface area contributed by atoms with E-state index in [1.165, 1.54) is 7.05 Å². The minimum atomic E-state index is -4.18. The molecule has 17 nitrogen and oxygen atoms in total. The lowest BCUT2D eigenvalue weighted by atomic mass is 10.7. The summed E-state index contributed by atoms with van der Waals surface area (Å²) in [5, 5.41) is 2.24. The molecule has 0 aromatic heterocycles. The van der Waals surface area contributed by atoms with Gasteiger partial charge in [-0.15, -0.1) is 0 Å². The van der Waals surface area contributed by atoms with Crippen LogP contribution in [-0.4, -0.2) is 102 Å². The van der Waals surface area contributed by atoms with Crippen LogP contribution < -0.4 is 24.2 Å².